The van der Waals surface area contributed by atoms with Crippen LogP contribution in [0.15, 0.2) is 18.2 Å². The van der Waals surface area contributed by atoms with Crippen LogP contribution in [0.4, 0.5) is 4.39 Å². The van der Waals surface area contributed by atoms with Gasteiger partial charge in [-0.1, -0.05) is 11.8 Å². The van der Waals surface area contributed by atoms with Gasteiger partial charge in [-0.15, -0.1) is 0 Å². The van der Waals surface area contributed by atoms with Gasteiger partial charge in [0.2, 0.25) is 0 Å². The molecule has 1 aromatic rings. The molecule has 1 amide bonds. The van der Waals surface area contributed by atoms with E-state index in [0.29, 0.717) is 6.61 Å². The van der Waals surface area contributed by atoms with Crippen LogP contribution in [0.3, 0.4) is 0 Å². The van der Waals surface area contributed by atoms with Gasteiger partial charge in [0, 0.05) is 12.2 Å². The van der Waals surface area contributed by atoms with Gasteiger partial charge < -0.3 is 15.2 Å². The summed E-state index contributed by atoms with van der Waals surface area (Å²) >= 11 is 0. The normalized spacial score (nSPS) is 18.0. The highest BCUT2D eigenvalue weighted by atomic mass is 19.1. The van der Waals surface area contributed by atoms with Crippen molar-refractivity contribution in [1.82, 2.24) is 5.32 Å². The number of amides is 1. The Morgan fingerprint density at radius 2 is 2.40 bits per heavy atom. The van der Waals surface area contributed by atoms with Crippen molar-refractivity contribution >= 4 is 5.91 Å². The number of hydrogen-bond acceptors (Lipinski definition) is 3. The maximum absolute atomic E-state index is 13.7. The number of rotatable bonds is 2. The molecule has 20 heavy (non-hydrogen) atoms. The van der Waals surface area contributed by atoms with Crippen LogP contribution in [0.25, 0.3) is 0 Å². The predicted octanol–water partition coefficient (Wildman–Crippen LogP) is 1.08. The molecule has 2 rings (SSSR count). The quantitative estimate of drug-likeness (QED) is 0.795. The Morgan fingerprint density at radius 1 is 1.55 bits per heavy atom. The van der Waals surface area contributed by atoms with E-state index in [-0.39, 0.29) is 29.7 Å². The van der Waals surface area contributed by atoms with Crippen LogP contribution in [-0.2, 0) is 4.74 Å². The fraction of sp³-hybridized carbons (Fsp3) is 0.400. The number of benzene rings is 1. The van der Waals surface area contributed by atoms with E-state index in [4.69, 9.17) is 9.84 Å². The summed E-state index contributed by atoms with van der Waals surface area (Å²) in [4.78, 5) is 12.0. The van der Waals surface area contributed by atoms with Crippen molar-refractivity contribution in [2.45, 2.75) is 18.9 Å². The molecule has 0 radical (unpaired) electrons. The Hall–Kier alpha value is -1.90. The molecule has 1 aliphatic rings. The maximum Gasteiger partial charge on any atom is 0.251 e. The van der Waals surface area contributed by atoms with Crippen LogP contribution in [0.2, 0.25) is 0 Å². The lowest BCUT2D eigenvalue weighted by molar-refractivity contribution is 0.0624. The molecule has 106 valence electrons. The minimum Gasteiger partial charge on any atom is -0.384 e. The highest BCUT2D eigenvalue weighted by Crippen LogP contribution is 2.11. The number of aliphatic hydroxyl groups is 1. The molecule has 0 aliphatic carbocycles. The van der Waals surface area contributed by atoms with E-state index in [1.807, 2.05) is 0 Å². The van der Waals surface area contributed by atoms with Crippen LogP contribution < -0.4 is 5.32 Å². The zero-order valence-electron chi connectivity index (χ0n) is 11.0. The Labute approximate surface area is 116 Å². The van der Waals surface area contributed by atoms with Crippen molar-refractivity contribution in [3.8, 4) is 11.8 Å². The molecule has 0 spiro atoms. The highest BCUT2D eigenvalue weighted by Gasteiger charge is 2.17. The third-order valence-corrected chi connectivity index (χ3v) is 3.03. The van der Waals surface area contributed by atoms with Crippen molar-refractivity contribution in [2.24, 2.45) is 0 Å². The summed E-state index contributed by atoms with van der Waals surface area (Å²) in [7, 11) is 0. The second kappa shape index (κ2) is 7.04. The Balaban J connectivity index is 2.04. The van der Waals surface area contributed by atoms with E-state index in [0.717, 1.165) is 25.5 Å². The molecule has 1 fully saturated rings. The van der Waals surface area contributed by atoms with E-state index < -0.39 is 5.82 Å². The predicted molar refractivity (Wildman–Crippen MR) is 71.7 cm³/mol. The van der Waals surface area contributed by atoms with Crippen molar-refractivity contribution in [3.05, 3.63) is 35.1 Å². The minimum absolute atomic E-state index is 0.0202. The van der Waals surface area contributed by atoms with Crippen LogP contribution in [0, 0.1) is 17.7 Å². The van der Waals surface area contributed by atoms with Gasteiger partial charge in [-0.2, -0.15) is 0 Å². The molecule has 1 atom stereocenters. The number of hydrogen-bond donors (Lipinski definition) is 2. The lowest BCUT2D eigenvalue weighted by atomic mass is 10.1. The summed E-state index contributed by atoms with van der Waals surface area (Å²) in [5, 5.41) is 11.4. The van der Waals surface area contributed by atoms with E-state index in [9.17, 15) is 9.18 Å². The number of carbonyl (C=O) groups is 1. The molecular formula is C15H16FNO3. The average molecular weight is 277 g/mol. The Kier molecular flexibility index (Phi) is 5.10. The summed E-state index contributed by atoms with van der Waals surface area (Å²) in [6.45, 7) is 0.886. The van der Waals surface area contributed by atoms with E-state index >= 15 is 0 Å². The van der Waals surface area contributed by atoms with Crippen LogP contribution in [0.5, 0.6) is 0 Å². The largest absolute Gasteiger partial charge is 0.384 e. The van der Waals surface area contributed by atoms with Crippen molar-refractivity contribution in [3.63, 3.8) is 0 Å². The molecule has 5 heteroatoms. The monoisotopic (exact) mass is 277 g/mol. The Morgan fingerprint density at radius 3 is 3.05 bits per heavy atom. The molecule has 1 heterocycles. The van der Waals surface area contributed by atoms with Crippen LogP contribution >= 0.6 is 0 Å². The number of halogens is 1. The molecule has 1 saturated heterocycles. The van der Waals surface area contributed by atoms with Gasteiger partial charge in [-0.25, -0.2) is 4.39 Å². The Bertz CT molecular complexity index is 542. The molecule has 2 N–H and O–H groups in total. The fourth-order valence-electron chi connectivity index (χ4n) is 2.02. The van der Waals surface area contributed by atoms with Gasteiger partial charge in [0.15, 0.2) is 0 Å². The standard InChI is InChI=1S/C15H16FNO3/c16-14-9-12(6-5-11(14)3-1-7-18)15(19)17-13-4-2-8-20-10-13/h5-6,9,13,18H,2,4,7-8,10H2,(H,17,19). The second-order valence-corrected chi connectivity index (χ2v) is 4.54. The van der Waals surface area contributed by atoms with Gasteiger partial charge >= 0.3 is 0 Å². The zero-order chi connectivity index (χ0) is 14.4. The molecule has 0 bridgehead atoms. The molecule has 1 unspecified atom stereocenters. The molecular weight excluding hydrogens is 261 g/mol. The third kappa shape index (κ3) is 3.80. The van der Waals surface area contributed by atoms with E-state index in [1.54, 1.807) is 0 Å². The summed E-state index contributed by atoms with van der Waals surface area (Å²) in [5.41, 5.74) is 0.416. The van der Waals surface area contributed by atoms with Gasteiger partial charge in [-0.3, -0.25) is 4.79 Å². The first-order chi connectivity index (χ1) is 9.70. The lowest BCUT2D eigenvalue weighted by Crippen LogP contribution is -2.40. The number of ether oxygens (including phenoxy) is 1. The molecule has 1 aromatic carbocycles. The van der Waals surface area contributed by atoms with Crippen molar-refractivity contribution < 1.29 is 19.0 Å². The third-order valence-electron chi connectivity index (χ3n) is 3.03. The molecule has 0 saturated carbocycles. The molecule has 1 aliphatic heterocycles. The van der Waals surface area contributed by atoms with E-state index in [2.05, 4.69) is 17.2 Å². The molecule has 0 aromatic heterocycles. The molecule has 4 nitrogen and oxygen atoms in total. The first-order valence-corrected chi connectivity index (χ1v) is 6.48. The first-order valence-electron chi connectivity index (χ1n) is 6.48. The zero-order valence-corrected chi connectivity index (χ0v) is 11.0. The second-order valence-electron chi connectivity index (χ2n) is 4.54. The fourth-order valence-corrected chi connectivity index (χ4v) is 2.02. The average Bonchev–Trinajstić information content (AvgIpc) is 2.47. The van der Waals surface area contributed by atoms with Gasteiger partial charge in [0.25, 0.3) is 5.91 Å². The van der Waals surface area contributed by atoms with Gasteiger partial charge in [0.05, 0.1) is 18.2 Å². The summed E-state index contributed by atoms with van der Waals surface area (Å²) in [6, 6.07) is 4.09. The smallest absolute Gasteiger partial charge is 0.251 e. The van der Waals surface area contributed by atoms with Gasteiger partial charge in [-0.05, 0) is 31.0 Å². The van der Waals surface area contributed by atoms with Crippen LogP contribution in [-0.4, -0.2) is 36.9 Å². The van der Waals surface area contributed by atoms with Crippen LogP contribution in [0.1, 0.15) is 28.8 Å². The summed E-state index contributed by atoms with van der Waals surface area (Å²) in [5.74, 6) is 3.96. The number of carbonyl (C=O) groups excluding carboxylic acids is 1. The number of aliphatic hydroxyl groups excluding tert-OH is 1. The minimum atomic E-state index is -0.571. The SMILES string of the molecule is O=C(NC1CCCOC1)c1ccc(C#CCO)c(F)c1. The topological polar surface area (TPSA) is 58.6 Å². The van der Waals surface area contributed by atoms with Gasteiger partial charge in [0.1, 0.15) is 12.4 Å². The lowest BCUT2D eigenvalue weighted by Gasteiger charge is -2.23. The van der Waals surface area contributed by atoms with Crippen molar-refractivity contribution in [2.75, 3.05) is 19.8 Å². The summed E-state index contributed by atoms with van der Waals surface area (Å²) in [6.07, 6.45) is 1.78. The number of nitrogens with one attached hydrogen (secondary N) is 1. The van der Waals surface area contributed by atoms with Crippen molar-refractivity contribution in [1.29, 1.82) is 0 Å². The highest BCUT2D eigenvalue weighted by molar-refractivity contribution is 5.94. The summed E-state index contributed by atoms with van der Waals surface area (Å²) < 4.78 is 19.0. The maximum atomic E-state index is 13.7. The van der Waals surface area contributed by atoms with E-state index in [1.165, 1.54) is 12.1 Å². The first kappa shape index (κ1) is 14.5.